The normalized spacial score (nSPS) is 13.1. The van der Waals surface area contributed by atoms with Gasteiger partial charge >= 0.3 is 0 Å². The van der Waals surface area contributed by atoms with Crippen LogP contribution >= 0.6 is 0 Å². The van der Waals surface area contributed by atoms with Crippen LogP contribution in [0.3, 0.4) is 0 Å². The van der Waals surface area contributed by atoms with Crippen molar-refractivity contribution in [2.75, 3.05) is 79.7 Å². The summed E-state index contributed by atoms with van der Waals surface area (Å²) < 4.78 is 51.6. The average Bonchev–Trinajstić information content (AvgIpc) is 3.01. The van der Waals surface area contributed by atoms with Gasteiger partial charge in [0.2, 0.25) is 0 Å². The van der Waals surface area contributed by atoms with Gasteiger partial charge in [-0.2, -0.15) is 0 Å². The van der Waals surface area contributed by atoms with Gasteiger partial charge in [0.25, 0.3) is 0 Å². The maximum Gasteiger partial charge on any atom is 0.157 e. The van der Waals surface area contributed by atoms with E-state index in [2.05, 4.69) is 27.7 Å². The summed E-state index contributed by atoms with van der Waals surface area (Å²) in [5, 5.41) is 0. The summed E-state index contributed by atoms with van der Waals surface area (Å²) >= 11 is 0. The van der Waals surface area contributed by atoms with E-state index in [9.17, 15) is 0 Å². The molecule has 0 aromatic heterocycles. The Hall–Kier alpha value is -0.360. The van der Waals surface area contributed by atoms with Crippen LogP contribution in [0.4, 0.5) is 0 Å². The molecular formula is C34H70O9. The molecule has 0 aliphatic carbocycles. The summed E-state index contributed by atoms with van der Waals surface area (Å²) in [6.45, 7) is 16.3. The zero-order valence-electron chi connectivity index (χ0n) is 28.6. The topological polar surface area (TPSA) is 83.1 Å². The molecule has 0 aromatic carbocycles. The first kappa shape index (κ1) is 42.6. The second-order valence-corrected chi connectivity index (χ2v) is 10.9. The minimum Gasteiger partial charge on any atom is -0.381 e. The SMILES string of the molecule is CCCCOCCCCC(OCCCC)OCCCOCOCOCCCOC(CCCCOCCCC)OCCCC. The smallest absolute Gasteiger partial charge is 0.157 e. The van der Waals surface area contributed by atoms with E-state index in [0.29, 0.717) is 26.4 Å². The maximum atomic E-state index is 5.97. The van der Waals surface area contributed by atoms with Gasteiger partial charge in [-0.05, 0) is 77.0 Å². The van der Waals surface area contributed by atoms with Crippen molar-refractivity contribution in [1.29, 1.82) is 0 Å². The standard InChI is InChI=1S/C34H70O9/c1-5-9-21-35-23-15-13-19-33(40-27-11-7-3)42-29-17-25-37-31-39-32-38-26-18-30-43-34(41-28-12-8-4)20-14-16-24-36-22-10-6-2/h33-34H,5-32H2,1-4H3. The van der Waals surface area contributed by atoms with Crippen LogP contribution in [0.15, 0.2) is 0 Å². The van der Waals surface area contributed by atoms with E-state index in [4.69, 9.17) is 42.6 Å². The quantitative estimate of drug-likeness (QED) is 0.0502. The van der Waals surface area contributed by atoms with Crippen LogP contribution in [0.1, 0.15) is 130 Å². The van der Waals surface area contributed by atoms with Crippen molar-refractivity contribution < 1.29 is 42.6 Å². The molecule has 0 heterocycles. The predicted molar refractivity (Wildman–Crippen MR) is 172 cm³/mol. The van der Waals surface area contributed by atoms with Gasteiger partial charge in [-0.15, -0.1) is 0 Å². The van der Waals surface area contributed by atoms with E-state index in [-0.39, 0.29) is 26.2 Å². The molecule has 0 saturated carbocycles. The van der Waals surface area contributed by atoms with Crippen LogP contribution < -0.4 is 0 Å². The minimum atomic E-state index is -0.149. The van der Waals surface area contributed by atoms with Gasteiger partial charge in [-0.25, -0.2) is 0 Å². The Morgan fingerprint density at radius 1 is 0.302 bits per heavy atom. The van der Waals surface area contributed by atoms with Gasteiger partial charge in [-0.3, -0.25) is 0 Å². The van der Waals surface area contributed by atoms with E-state index in [1.807, 2.05) is 0 Å². The van der Waals surface area contributed by atoms with Gasteiger partial charge in [-0.1, -0.05) is 53.4 Å². The van der Waals surface area contributed by atoms with E-state index >= 15 is 0 Å². The van der Waals surface area contributed by atoms with Gasteiger partial charge in [0, 0.05) is 39.6 Å². The molecule has 0 N–H and O–H groups in total. The van der Waals surface area contributed by atoms with E-state index in [1.54, 1.807) is 0 Å². The lowest BCUT2D eigenvalue weighted by Crippen LogP contribution is -2.20. The molecule has 0 saturated heterocycles. The number of hydrogen-bond donors (Lipinski definition) is 0. The zero-order chi connectivity index (χ0) is 31.3. The summed E-state index contributed by atoms with van der Waals surface area (Å²) in [4.78, 5) is 0. The highest BCUT2D eigenvalue weighted by molar-refractivity contribution is 4.51. The Kier molecular flexibility index (Phi) is 37.5. The molecule has 0 rings (SSSR count). The molecule has 0 aliphatic rings. The third-order valence-electron chi connectivity index (χ3n) is 6.65. The molecule has 9 heteroatoms. The van der Waals surface area contributed by atoms with E-state index < -0.39 is 0 Å². The molecule has 0 fully saturated rings. The number of ether oxygens (including phenoxy) is 9. The van der Waals surface area contributed by atoms with Crippen LogP contribution in [0.2, 0.25) is 0 Å². The Labute approximate surface area is 265 Å². The van der Waals surface area contributed by atoms with E-state index in [1.165, 1.54) is 12.8 Å². The second kappa shape index (κ2) is 37.8. The van der Waals surface area contributed by atoms with Gasteiger partial charge in [0.05, 0.1) is 26.4 Å². The van der Waals surface area contributed by atoms with Crippen LogP contribution in [0, 0.1) is 0 Å². The van der Waals surface area contributed by atoms with Crippen molar-refractivity contribution in [3.8, 4) is 0 Å². The maximum absolute atomic E-state index is 5.97. The highest BCUT2D eigenvalue weighted by Gasteiger charge is 2.10. The number of hydrogen-bond acceptors (Lipinski definition) is 9. The van der Waals surface area contributed by atoms with Gasteiger partial charge < -0.3 is 42.6 Å². The Bertz CT molecular complexity index is 456. The fraction of sp³-hybridized carbons (Fsp3) is 1.00. The third kappa shape index (κ3) is 34.4. The lowest BCUT2D eigenvalue weighted by molar-refractivity contribution is -0.160. The molecule has 260 valence electrons. The molecule has 0 aliphatic heterocycles. The largest absolute Gasteiger partial charge is 0.381 e. The Balaban J connectivity index is 3.74. The molecule has 0 radical (unpaired) electrons. The lowest BCUT2D eigenvalue weighted by Gasteiger charge is -2.19. The van der Waals surface area contributed by atoms with E-state index in [0.717, 1.165) is 130 Å². The number of rotatable bonds is 38. The predicted octanol–water partition coefficient (Wildman–Crippen LogP) is 8.02. The molecule has 2 unspecified atom stereocenters. The number of unbranched alkanes of at least 4 members (excludes halogenated alkanes) is 6. The third-order valence-corrected chi connectivity index (χ3v) is 6.65. The fourth-order valence-electron chi connectivity index (χ4n) is 3.90. The van der Waals surface area contributed by atoms with Crippen molar-refractivity contribution in [3.63, 3.8) is 0 Å². The summed E-state index contributed by atoms with van der Waals surface area (Å²) in [6.07, 6.45) is 16.2. The second-order valence-electron chi connectivity index (χ2n) is 10.9. The Morgan fingerprint density at radius 2 is 0.628 bits per heavy atom. The van der Waals surface area contributed by atoms with Crippen LogP contribution in [0.25, 0.3) is 0 Å². The summed E-state index contributed by atoms with van der Waals surface area (Å²) in [7, 11) is 0. The average molecular weight is 623 g/mol. The van der Waals surface area contributed by atoms with Crippen LogP contribution in [-0.2, 0) is 42.6 Å². The molecule has 0 bridgehead atoms. The molecule has 9 nitrogen and oxygen atoms in total. The molecule has 43 heavy (non-hydrogen) atoms. The van der Waals surface area contributed by atoms with Gasteiger partial charge in [0.15, 0.2) is 12.6 Å². The van der Waals surface area contributed by atoms with Crippen molar-refractivity contribution in [3.05, 3.63) is 0 Å². The lowest BCUT2D eigenvalue weighted by atomic mass is 10.2. The highest BCUT2D eigenvalue weighted by atomic mass is 16.7. The summed E-state index contributed by atoms with van der Waals surface area (Å²) in [5.74, 6) is 0. The molecule has 0 aromatic rings. The first-order valence-electron chi connectivity index (χ1n) is 17.6. The highest BCUT2D eigenvalue weighted by Crippen LogP contribution is 2.10. The zero-order valence-corrected chi connectivity index (χ0v) is 28.6. The van der Waals surface area contributed by atoms with Gasteiger partial charge in [0.1, 0.15) is 13.6 Å². The molecule has 0 amide bonds. The molecular weight excluding hydrogens is 552 g/mol. The Morgan fingerprint density at radius 3 is 1.02 bits per heavy atom. The van der Waals surface area contributed by atoms with Crippen molar-refractivity contribution in [1.82, 2.24) is 0 Å². The van der Waals surface area contributed by atoms with Crippen molar-refractivity contribution in [2.45, 2.75) is 143 Å². The first-order valence-corrected chi connectivity index (χ1v) is 17.6. The molecule has 0 spiro atoms. The minimum absolute atomic E-state index is 0.149. The summed E-state index contributed by atoms with van der Waals surface area (Å²) in [6, 6.07) is 0. The van der Waals surface area contributed by atoms with Crippen molar-refractivity contribution >= 4 is 0 Å². The fourth-order valence-corrected chi connectivity index (χ4v) is 3.90. The monoisotopic (exact) mass is 623 g/mol. The molecule has 2 atom stereocenters. The van der Waals surface area contributed by atoms with Crippen LogP contribution in [-0.4, -0.2) is 92.2 Å². The first-order chi connectivity index (χ1) is 21.3. The summed E-state index contributed by atoms with van der Waals surface area (Å²) in [5.41, 5.74) is 0. The van der Waals surface area contributed by atoms with Crippen molar-refractivity contribution in [2.24, 2.45) is 0 Å². The van der Waals surface area contributed by atoms with Crippen LogP contribution in [0.5, 0.6) is 0 Å².